The first-order chi connectivity index (χ1) is 16.7. The lowest BCUT2D eigenvalue weighted by atomic mass is 9.95. The van der Waals surface area contributed by atoms with Crippen molar-refractivity contribution in [2.24, 2.45) is 0 Å². The highest BCUT2D eigenvalue weighted by atomic mass is 32.1. The normalized spacial score (nSPS) is 17.3. The number of nitrogens with one attached hydrogen (secondary N) is 1. The lowest BCUT2D eigenvalue weighted by Crippen LogP contribution is -2.45. The van der Waals surface area contributed by atoms with Gasteiger partial charge in [0.25, 0.3) is 5.89 Å². The van der Waals surface area contributed by atoms with Crippen LogP contribution in [0.15, 0.2) is 81.6 Å². The van der Waals surface area contributed by atoms with Crippen LogP contribution in [0.4, 0.5) is 0 Å². The van der Waals surface area contributed by atoms with E-state index in [9.17, 15) is 0 Å². The van der Waals surface area contributed by atoms with E-state index in [1.807, 2.05) is 72.5 Å². The summed E-state index contributed by atoms with van der Waals surface area (Å²) in [5.41, 5.74) is 3.58. The molecule has 4 aromatic rings. The third-order valence-corrected chi connectivity index (χ3v) is 6.25. The molecule has 0 fully saturated rings. The summed E-state index contributed by atoms with van der Waals surface area (Å²) in [5, 5.41) is 8.30. The Kier molecular flexibility index (Phi) is 5.03. The van der Waals surface area contributed by atoms with Gasteiger partial charge >= 0.3 is 0 Å². The Balaban J connectivity index is 1.42. The van der Waals surface area contributed by atoms with Gasteiger partial charge in [-0.15, -0.1) is 0 Å². The quantitative estimate of drug-likeness (QED) is 0.407. The molecule has 1 N–H and O–H groups in total. The van der Waals surface area contributed by atoms with Crippen LogP contribution in [-0.4, -0.2) is 26.9 Å². The number of benzene rings is 2. The zero-order valence-electron chi connectivity index (χ0n) is 18.2. The van der Waals surface area contributed by atoms with Gasteiger partial charge in [0.15, 0.2) is 16.6 Å². The number of nitrogens with zero attached hydrogens (tertiary/aromatic N) is 3. The Morgan fingerprint density at radius 2 is 1.91 bits per heavy atom. The van der Waals surface area contributed by atoms with Crippen LogP contribution >= 0.6 is 12.2 Å². The number of fused-ring (bicyclic) bond motifs is 1. The summed E-state index contributed by atoms with van der Waals surface area (Å²) >= 11 is 5.73. The fraction of sp³-hybridized carbons (Fsp3) is 0.160. The fourth-order valence-corrected chi connectivity index (χ4v) is 4.51. The molecule has 2 aliphatic rings. The third kappa shape index (κ3) is 3.60. The van der Waals surface area contributed by atoms with Crippen molar-refractivity contribution in [3.8, 4) is 22.9 Å². The second-order valence-corrected chi connectivity index (χ2v) is 8.34. The number of rotatable bonds is 5. The Morgan fingerprint density at radius 3 is 2.74 bits per heavy atom. The van der Waals surface area contributed by atoms with Crippen LogP contribution in [-0.2, 0) is 6.54 Å². The largest absolute Gasteiger partial charge is 0.467 e. The zero-order chi connectivity index (χ0) is 23.1. The van der Waals surface area contributed by atoms with Crippen LogP contribution in [0.1, 0.15) is 30.2 Å². The minimum Gasteiger partial charge on any atom is -0.467 e. The molecule has 9 heteroatoms. The predicted molar refractivity (Wildman–Crippen MR) is 128 cm³/mol. The van der Waals surface area contributed by atoms with E-state index in [0.717, 1.165) is 28.2 Å². The number of hydrogen-bond acceptors (Lipinski definition) is 7. The number of ether oxygens (including phenoxy) is 2. The average Bonchev–Trinajstić information content (AvgIpc) is 3.63. The summed E-state index contributed by atoms with van der Waals surface area (Å²) in [6, 6.07) is 19.2. The van der Waals surface area contributed by atoms with E-state index >= 15 is 0 Å². The molecule has 0 spiro atoms. The summed E-state index contributed by atoms with van der Waals surface area (Å²) in [4.78, 5) is 6.73. The fourth-order valence-electron chi connectivity index (χ4n) is 4.19. The van der Waals surface area contributed by atoms with Gasteiger partial charge in [0, 0.05) is 11.3 Å². The molecule has 0 saturated carbocycles. The van der Waals surface area contributed by atoms with Gasteiger partial charge < -0.3 is 28.6 Å². The molecule has 0 bridgehead atoms. The minimum absolute atomic E-state index is 0.207. The number of furan rings is 1. The highest BCUT2D eigenvalue weighted by Crippen LogP contribution is 2.39. The van der Waals surface area contributed by atoms with Gasteiger partial charge in [0.05, 0.1) is 24.4 Å². The molecule has 0 radical (unpaired) electrons. The molecule has 2 aromatic heterocycles. The maximum absolute atomic E-state index is 5.79. The van der Waals surface area contributed by atoms with Gasteiger partial charge in [0.1, 0.15) is 5.76 Å². The molecule has 4 heterocycles. The van der Waals surface area contributed by atoms with Crippen LogP contribution in [0.3, 0.4) is 0 Å². The first-order valence-corrected chi connectivity index (χ1v) is 11.2. The molecular weight excluding hydrogens is 452 g/mol. The highest BCUT2D eigenvalue weighted by Gasteiger charge is 2.34. The van der Waals surface area contributed by atoms with Crippen molar-refractivity contribution < 1.29 is 18.4 Å². The van der Waals surface area contributed by atoms with E-state index in [1.165, 1.54) is 0 Å². The van der Waals surface area contributed by atoms with E-state index in [1.54, 1.807) is 6.26 Å². The molecule has 1 atom stereocenters. The van der Waals surface area contributed by atoms with Crippen LogP contribution in [0.5, 0.6) is 11.5 Å². The monoisotopic (exact) mass is 472 g/mol. The molecule has 2 aliphatic heterocycles. The molecular formula is C25H20N4O4S. The minimum atomic E-state index is -0.244. The first-order valence-electron chi connectivity index (χ1n) is 10.8. The van der Waals surface area contributed by atoms with Gasteiger partial charge in [0.2, 0.25) is 12.6 Å². The van der Waals surface area contributed by atoms with Crippen molar-refractivity contribution in [3.05, 3.63) is 89.8 Å². The zero-order valence-corrected chi connectivity index (χ0v) is 19.0. The van der Waals surface area contributed by atoms with Crippen molar-refractivity contribution in [2.75, 3.05) is 6.79 Å². The Bertz CT molecular complexity index is 1380. The molecule has 1 unspecified atom stereocenters. The van der Waals surface area contributed by atoms with E-state index in [0.29, 0.717) is 34.9 Å². The van der Waals surface area contributed by atoms with Crippen molar-refractivity contribution in [1.82, 2.24) is 20.4 Å². The summed E-state index contributed by atoms with van der Waals surface area (Å²) in [6.45, 7) is 2.70. The molecule has 8 nitrogen and oxygen atoms in total. The molecule has 2 aromatic carbocycles. The second kappa shape index (κ2) is 8.35. The number of allylic oxidation sites excluding steroid dienone is 1. The Morgan fingerprint density at radius 1 is 1.06 bits per heavy atom. The molecule has 34 heavy (non-hydrogen) atoms. The summed E-state index contributed by atoms with van der Waals surface area (Å²) in [7, 11) is 0. The van der Waals surface area contributed by atoms with Crippen LogP contribution in [0, 0.1) is 0 Å². The molecule has 6 rings (SSSR count). The maximum atomic E-state index is 5.79. The first kappa shape index (κ1) is 20.5. The van der Waals surface area contributed by atoms with E-state index in [4.69, 9.17) is 35.6 Å². The van der Waals surface area contributed by atoms with E-state index < -0.39 is 0 Å². The average molecular weight is 473 g/mol. The highest BCUT2D eigenvalue weighted by molar-refractivity contribution is 7.80. The van der Waals surface area contributed by atoms with Gasteiger partial charge in [-0.3, -0.25) is 0 Å². The van der Waals surface area contributed by atoms with Crippen LogP contribution in [0.2, 0.25) is 0 Å². The standard InChI is InChI=1S/C25H20N4O4S/c1-15-21(24-27-23(28-33-24)17-9-10-19-20(12-17)32-14-31-19)22(16-6-3-2-4-7-16)26-25(34)29(15)13-18-8-5-11-30-18/h2-12,22H,13-14H2,1H3,(H,26,34). The lowest BCUT2D eigenvalue weighted by molar-refractivity contribution is 0.174. The second-order valence-electron chi connectivity index (χ2n) is 7.95. The molecule has 0 amide bonds. The van der Waals surface area contributed by atoms with Crippen molar-refractivity contribution in [2.45, 2.75) is 19.5 Å². The Hall–Kier alpha value is -4.11. The van der Waals surface area contributed by atoms with Crippen molar-refractivity contribution in [1.29, 1.82) is 0 Å². The van der Waals surface area contributed by atoms with Gasteiger partial charge in [-0.05, 0) is 55.0 Å². The maximum Gasteiger partial charge on any atom is 0.258 e. The van der Waals surface area contributed by atoms with Gasteiger partial charge in [-0.1, -0.05) is 35.5 Å². The smallest absolute Gasteiger partial charge is 0.258 e. The summed E-state index contributed by atoms with van der Waals surface area (Å²) in [5.74, 6) is 3.04. The van der Waals surface area contributed by atoms with Crippen LogP contribution < -0.4 is 14.8 Å². The van der Waals surface area contributed by atoms with Crippen molar-refractivity contribution in [3.63, 3.8) is 0 Å². The van der Waals surface area contributed by atoms with Gasteiger partial charge in [-0.2, -0.15) is 4.98 Å². The number of hydrogen-bond donors (Lipinski definition) is 1. The SMILES string of the molecule is CC1=C(c2nc(-c3ccc4c(c3)OCO4)no2)C(c2ccccc2)NC(=S)N1Cc1ccco1. The van der Waals surface area contributed by atoms with Crippen LogP contribution in [0.25, 0.3) is 17.0 Å². The third-order valence-electron chi connectivity index (χ3n) is 5.91. The molecule has 0 aliphatic carbocycles. The topological polar surface area (TPSA) is 85.8 Å². The van der Waals surface area contributed by atoms with Gasteiger partial charge in [-0.25, -0.2) is 0 Å². The van der Waals surface area contributed by atoms with E-state index in [-0.39, 0.29) is 12.8 Å². The van der Waals surface area contributed by atoms with Crippen molar-refractivity contribution >= 4 is 22.9 Å². The van der Waals surface area contributed by atoms with E-state index in [2.05, 4.69) is 10.5 Å². The number of thiocarbonyl (C=S) groups is 1. The Labute approximate surface area is 200 Å². The predicted octanol–water partition coefficient (Wildman–Crippen LogP) is 4.92. The molecule has 0 saturated heterocycles. The lowest BCUT2D eigenvalue weighted by Gasteiger charge is -2.37. The summed E-state index contributed by atoms with van der Waals surface area (Å²) < 4.78 is 22.3. The number of aromatic nitrogens is 2. The summed E-state index contributed by atoms with van der Waals surface area (Å²) in [6.07, 6.45) is 1.65. The molecule has 170 valence electrons.